The standard InChI is InChI=1S/C12H15O6P/c13-11(14)7-6-9(12(15)16)8-19(17,18)10-4-2-1-3-5-10/h1-5,9H,6-8H2,(H,13,14)(H,15,16)(H,17,18)/t9-/m1/s1. The van der Waals surface area contributed by atoms with Crippen LogP contribution in [0.25, 0.3) is 0 Å². The van der Waals surface area contributed by atoms with E-state index in [1.54, 1.807) is 18.2 Å². The number of carboxylic acids is 2. The van der Waals surface area contributed by atoms with Gasteiger partial charge in [-0.05, 0) is 18.6 Å². The molecule has 3 N–H and O–H groups in total. The molecule has 0 aromatic heterocycles. The maximum absolute atomic E-state index is 12.1. The van der Waals surface area contributed by atoms with Gasteiger partial charge >= 0.3 is 11.9 Å². The molecule has 0 aliphatic rings. The lowest BCUT2D eigenvalue weighted by Crippen LogP contribution is -2.22. The van der Waals surface area contributed by atoms with Crippen molar-refractivity contribution in [2.75, 3.05) is 6.16 Å². The predicted molar refractivity (Wildman–Crippen MR) is 68.8 cm³/mol. The normalized spacial score (nSPS) is 15.4. The SMILES string of the molecule is O=C(O)CC[C@H](CP(=O)(O)c1ccccc1)C(=O)O. The Hall–Kier alpha value is -1.65. The van der Waals surface area contributed by atoms with Gasteiger partial charge in [-0.1, -0.05) is 18.2 Å². The van der Waals surface area contributed by atoms with Gasteiger partial charge in [0.15, 0.2) is 0 Å². The number of carboxylic acid groups (broad SMARTS) is 2. The zero-order valence-electron chi connectivity index (χ0n) is 10.1. The molecule has 19 heavy (non-hydrogen) atoms. The second-order valence-electron chi connectivity index (χ2n) is 4.19. The summed E-state index contributed by atoms with van der Waals surface area (Å²) in [5.74, 6) is -3.53. The van der Waals surface area contributed by atoms with Crippen LogP contribution in [0.2, 0.25) is 0 Å². The minimum atomic E-state index is -3.79. The van der Waals surface area contributed by atoms with Crippen LogP contribution >= 0.6 is 7.37 Å². The zero-order chi connectivity index (χ0) is 14.5. The summed E-state index contributed by atoms with van der Waals surface area (Å²) in [5.41, 5.74) is 0. The Balaban J connectivity index is 2.81. The van der Waals surface area contributed by atoms with Crippen molar-refractivity contribution in [3.63, 3.8) is 0 Å². The van der Waals surface area contributed by atoms with Crippen LogP contribution in [-0.4, -0.2) is 33.2 Å². The Morgan fingerprint density at radius 1 is 1.16 bits per heavy atom. The summed E-state index contributed by atoms with van der Waals surface area (Å²) in [4.78, 5) is 31.3. The molecule has 0 saturated heterocycles. The summed E-state index contributed by atoms with van der Waals surface area (Å²) in [6.45, 7) is 0. The molecule has 1 aromatic carbocycles. The van der Waals surface area contributed by atoms with Crippen LogP contribution in [0.3, 0.4) is 0 Å². The monoisotopic (exact) mass is 286 g/mol. The van der Waals surface area contributed by atoms with Gasteiger partial charge in [-0.2, -0.15) is 0 Å². The van der Waals surface area contributed by atoms with Crippen LogP contribution in [0.5, 0.6) is 0 Å². The largest absolute Gasteiger partial charge is 0.481 e. The van der Waals surface area contributed by atoms with E-state index in [4.69, 9.17) is 10.2 Å². The fourth-order valence-electron chi connectivity index (χ4n) is 1.66. The highest BCUT2D eigenvalue weighted by Gasteiger charge is 2.30. The summed E-state index contributed by atoms with van der Waals surface area (Å²) in [5, 5.41) is 17.7. The average Bonchev–Trinajstić information content (AvgIpc) is 2.35. The average molecular weight is 286 g/mol. The quantitative estimate of drug-likeness (QED) is 0.648. The summed E-state index contributed by atoms with van der Waals surface area (Å²) < 4.78 is 12.1. The molecule has 0 spiro atoms. The first-order valence-corrected chi connectivity index (χ1v) is 7.49. The summed E-state index contributed by atoms with van der Waals surface area (Å²) >= 11 is 0. The number of hydrogen-bond donors (Lipinski definition) is 3. The van der Waals surface area contributed by atoms with Crippen LogP contribution in [0.1, 0.15) is 12.8 Å². The van der Waals surface area contributed by atoms with Crippen LogP contribution in [0.4, 0.5) is 0 Å². The van der Waals surface area contributed by atoms with Crippen LogP contribution < -0.4 is 5.30 Å². The molecule has 0 amide bonds. The molecule has 2 atom stereocenters. The Morgan fingerprint density at radius 2 is 1.74 bits per heavy atom. The molecule has 1 aromatic rings. The molecular formula is C12H15O6P. The van der Waals surface area contributed by atoms with E-state index in [9.17, 15) is 19.0 Å². The van der Waals surface area contributed by atoms with E-state index in [1.807, 2.05) is 0 Å². The minimum absolute atomic E-state index is 0.165. The van der Waals surface area contributed by atoms with E-state index in [0.29, 0.717) is 0 Å². The van der Waals surface area contributed by atoms with Crippen LogP contribution in [0, 0.1) is 5.92 Å². The molecule has 0 bridgehead atoms. The topological polar surface area (TPSA) is 112 Å². The molecule has 0 radical (unpaired) electrons. The maximum atomic E-state index is 12.1. The van der Waals surface area contributed by atoms with Crippen molar-refractivity contribution in [3.05, 3.63) is 30.3 Å². The number of aliphatic carboxylic acids is 2. The van der Waals surface area contributed by atoms with E-state index in [2.05, 4.69) is 0 Å². The molecule has 0 saturated carbocycles. The first-order chi connectivity index (χ1) is 8.83. The second-order valence-corrected chi connectivity index (χ2v) is 6.47. The van der Waals surface area contributed by atoms with E-state index >= 15 is 0 Å². The summed E-state index contributed by atoms with van der Waals surface area (Å²) in [7, 11) is -3.79. The van der Waals surface area contributed by atoms with Crippen molar-refractivity contribution in [1.82, 2.24) is 0 Å². The molecule has 1 rings (SSSR count). The van der Waals surface area contributed by atoms with E-state index in [1.165, 1.54) is 12.1 Å². The summed E-state index contributed by atoms with van der Waals surface area (Å²) in [6, 6.07) is 7.77. The maximum Gasteiger partial charge on any atom is 0.307 e. The Bertz CT molecular complexity index is 498. The van der Waals surface area contributed by atoms with Gasteiger partial charge in [0.1, 0.15) is 0 Å². The van der Waals surface area contributed by atoms with Crippen molar-refractivity contribution in [1.29, 1.82) is 0 Å². The first kappa shape index (κ1) is 15.4. The van der Waals surface area contributed by atoms with Crippen molar-refractivity contribution in [2.45, 2.75) is 12.8 Å². The first-order valence-electron chi connectivity index (χ1n) is 5.65. The van der Waals surface area contributed by atoms with E-state index in [-0.39, 0.29) is 18.1 Å². The predicted octanol–water partition coefficient (Wildman–Crippen LogP) is 1.15. The Kier molecular flexibility index (Phi) is 5.27. The summed E-state index contributed by atoms with van der Waals surface area (Å²) in [6.07, 6.45) is -0.965. The molecule has 0 aliphatic carbocycles. The van der Waals surface area contributed by atoms with Gasteiger partial charge in [-0.3, -0.25) is 14.2 Å². The van der Waals surface area contributed by atoms with Crippen LogP contribution in [0.15, 0.2) is 30.3 Å². The lowest BCUT2D eigenvalue weighted by Gasteiger charge is -2.16. The van der Waals surface area contributed by atoms with Gasteiger partial charge in [0.25, 0.3) is 0 Å². The zero-order valence-corrected chi connectivity index (χ0v) is 11.0. The van der Waals surface area contributed by atoms with E-state index in [0.717, 1.165) is 0 Å². The third-order valence-electron chi connectivity index (χ3n) is 2.68. The smallest absolute Gasteiger partial charge is 0.307 e. The Labute approximate surface area is 110 Å². The van der Waals surface area contributed by atoms with E-state index < -0.39 is 31.4 Å². The molecule has 104 valence electrons. The fourth-order valence-corrected chi connectivity index (χ4v) is 3.44. The lowest BCUT2D eigenvalue weighted by molar-refractivity contribution is -0.142. The van der Waals surface area contributed by atoms with Crippen LogP contribution in [-0.2, 0) is 14.2 Å². The molecule has 0 heterocycles. The molecule has 7 heteroatoms. The molecule has 1 unspecified atom stereocenters. The lowest BCUT2D eigenvalue weighted by atomic mass is 10.1. The number of benzene rings is 1. The van der Waals surface area contributed by atoms with Crippen molar-refractivity contribution >= 4 is 24.6 Å². The molecular weight excluding hydrogens is 271 g/mol. The minimum Gasteiger partial charge on any atom is -0.481 e. The van der Waals surface area contributed by atoms with Gasteiger partial charge in [0, 0.05) is 17.9 Å². The number of rotatable bonds is 7. The van der Waals surface area contributed by atoms with Crippen molar-refractivity contribution in [2.24, 2.45) is 5.92 Å². The van der Waals surface area contributed by atoms with Gasteiger partial charge in [-0.15, -0.1) is 0 Å². The molecule has 6 nitrogen and oxygen atoms in total. The highest BCUT2D eigenvalue weighted by Crippen LogP contribution is 2.42. The second kappa shape index (κ2) is 6.50. The third kappa shape index (κ3) is 4.85. The Morgan fingerprint density at radius 3 is 2.21 bits per heavy atom. The van der Waals surface area contributed by atoms with Gasteiger partial charge in [-0.25, -0.2) is 0 Å². The van der Waals surface area contributed by atoms with Gasteiger partial charge < -0.3 is 15.1 Å². The highest BCUT2D eigenvalue weighted by atomic mass is 31.2. The highest BCUT2D eigenvalue weighted by molar-refractivity contribution is 7.66. The van der Waals surface area contributed by atoms with Gasteiger partial charge in [0.05, 0.1) is 5.92 Å². The number of carbonyl (C=O) groups is 2. The van der Waals surface area contributed by atoms with Crippen molar-refractivity contribution in [3.8, 4) is 0 Å². The fraction of sp³-hybridized carbons (Fsp3) is 0.333. The van der Waals surface area contributed by atoms with Gasteiger partial charge in [0.2, 0.25) is 7.37 Å². The third-order valence-corrected chi connectivity index (χ3v) is 4.72. The molecule has 0 aliphatic heterocycles. The molecule has 0 fully saturated rings. The number of hydrogen-bond acceptors (Lipinski definition) is 3. The van der Waals surface area contributed by atoms with Crippen molar-refractivity contribution < 1.29 is 29.3 Å².